The van der Waals surface area contributed by atoms with Crippen LogP contribution in [0.2, 0.25) is 0 Å². The molecule has 0 aliphatic carbocycles. The average Bonchev–Trinajstić information content (AvgIpc) is 1.99. The Morgan fingerprint density at radius 1 is 1.29 bits per heavy atom. The van der Waals surface area contributed by atoms with Crippen LogP contribution in [0.5, 0.6) is 0 Å². The van der Waals surface area contributed by atoms with Crippen LogP contribution >= 0.6 is 0 Å². The van der Waals surface area contributed by atoms with E-state index in [9.17, 15) is 26.2 Å². The Bertz CT molecular complexity index is 389. The third kappa shape index (κ3) is 31.4. The summed E-state index contributed by atoms with van der Waals surface area (Å²) >= 11 is 0. The van der Waals surface area contributed by atoms with Crippen molar-refractivity contribution in [2.75, 3.05) is 0 Å². The average molecular weight is 302 g/mol. The van der Waals surface area contributed by atoms with Crippen molar-refractivity contribution in [3.05, 3.63) is 12.7 Å². The molecule has 0 aromatic carbocycles. The molecule has 2 N–H and O–H groups in total. The number of rotatable bonds is 5. The van der Waals surface area contributed by atoms with E-state index in [0.717, 1.165) is 0 Å². The quantitative estimate of drug-likeness (QED) is 0.127. The second kappa shape index (κ2) is 9.93. The Hall–Kier alpha value is -0.0500. The molecule has 0 radical (unpaired) electrons. The molecular formula is C4H7NaO10S2. The topological polar surface area (TPSA) is 167 Å². The molecule has 0 spiro atoms. The summed E-state index contributed by atoms with van der Waals surface area (Å²) in [6, 6.07) is 0. The van der Waals surface area contributed by atoms with Gasteiger partial charge in [-0.1, -0.05) is 14.7 Å². The maximum atomic E-state index is 9.53. The fourth-order valence-electron chi connectivity index (χ4n) is 0.193. The van der Waals surface area contributed by atoms with E-state index in [4.69, 9.17) is 9.66 Å². The van der Waals surface area contributed by atoms with Crippen molar-refractivity contribution in [2.45, 2.75) is 6.42 Å². The monoisotopic (exact) mass is 302 g/mol. The first kappa shape index (κ1) is 22.2. The van der Waals surface area contributed by atoms with Gasteiger partial charge in [0.25, 0.3) is 0 Å². The van der Waals surface area contributed by atoms with Gasteiger partial charge in [0.15, 0.2) is 0 Å². The van der Waals surface area contributed by atoms with Crippen molar-refractivity contribution in [1.29, 1.82) is 0 Å². The van der Waals surface area contributed by atoms with Crippen LogP contribution in [0.4, 0.5) is 0 Å². The van der Waals surface area contributed by atoms with Gasteiger partial charge in [-0.25, -0.2) is 8.42 Å². The summed E-state index contributed by atoms with van der Waals surface area (Å²) in [5.41, 5.74) is 0. The van der Waals surface area contributed by atoms with Gasteiger partial charge in [-0.3, -0.25) is 9.35 Å². The second-order valence-corrected chi connectivity index (χ2v) is 3.80. The Kier molecular flexibility index (Phi) is 12.9. The van der Waals surface area contributed by atoms with E-state index in [0.29, 0.717) is 0 Å². The summed E-state index contributed by atoms with van der Waals surface area (Å²) in [6.45, 7) is 3.22. The van der Waals surface area contributed by atoms with Gasteiger partial charge < -0.3 is 9.66 Å². The van der Waals surface area contributed by atoms with Crippen LogP contribution in [0.1, 0.15) is 6.42 Å². The summed E-state index contributed by atoms with van der Waals surface area (Å²) in [5.74, 6) is -0.829. The van der Waals surface area contributed by atoms with Crippen LogP contribution in [-0.4, -0.2) is 37.0 Å². The van der Waals surface area contributed by atoms with Gasteiger partial charge in [0, 0.05) is 0 Å². The van der Waals surface area contributed by atoms with Gasteiger partial charge in [0.1, 0.15) is 0 Å². The molecule has 0 aliphatic rings. The normalized spacial score (nSPS) is 10.5. The molecule has 0 saturated carbocycles. The van der Waals surface area contributed by atoms with Crippen molar-refractivity contribution < 1.29 is 74.1 Å². The summed E-state index contributed by atoms with van der Waals surface area (Å²) < 4.78 is 60.2. The molecule has 0 bridgehead atoms. The van der Waals surface area contributed by atoms with E-state index >= 15 is 0 Å². The zero-order valence-corrected chi connectivity index (χ0v) is 12.1. The fraction of sp³-hybridized carbons (Fsp3) is 0.250. The summed E-state index contributed by atoms with van der Waals surface area (Å²) in [4.78, 5) is 9.53. The van der Waals surface area contributed by atoms with Gasteiger partial charge in [0.2, 0.25) is 10.4 Å². The molecule has 96 valence electrons. The summed E-state index contributed by atoms with van der Waals surface area (Å²) in [7, 11) is -10.3. The molecule has 0 saturated heterocycles. The van der Waals surface area contributed by atoms with Gasteiger partial charge in [-0.15, -0.1) is 6.58 Å². The van der Waals surface area contributed by atoms with Crippen molar-refractivity contribution >= 4 is 26.8 Å². The third-order valence-electron chi connectivity index (χ3n) is 0.516. The molecule has 17 heavy (non-hydrogen) atoms. The maximum Gasteiger partial charge on any atom is 1.00 e. The van der Waals surface area contributed by atoms with Gasteiger partial charge >= 0.3 is 45.9 Å². The summed E-state index contributed by atoms with van der Waals surface area (Å²) in [6.07, 6.45) is 1.41. The second-order valence-electron chi connectivity index (χ2n) is 1.86. The minimum Gasteiger partial charge on any atom is -0.724 e. The number of hydrogen-bond acceptors (Lipinski definition) is 8. The number of carboxylic acids is 1. The minimum absolute atomic E-state index is 0. The van der Waals surface area contributed by atoms with Crippen molar-refractivity contribution in [2.24, 2.45) is 0 Å². The van der Waals surface area contributed by atoms with E-state index in [2.05, 4.69) is 15.2 Å². The van der Waals surface area contributed by atoms with Gasteiger partial charge in [-0.05, 0) is 0 Å². The first-order valence-corrected chi connectivity index (χ1v) is 5.81. The molecule has 10 nitrogen and oxygen atoms in total. The van der Waals surface area contributed by atoms with Gasteiger partial charge in [-0.2, -0.15) is 8.42 Å². The van der Waals surface area contributed by atoms with E-state index in [1.54, 1.807) is 0 Å². The SMILES string of the molecule is C=CCC(=O)O.O=S(=O)([O-])OOS(=O)(=O)O.[Na+]. The molecule has 0 heterocycles. The van der Waals surface area contributed by atoms with E-state index in [1.165, 1.54) is 6.08 Å². The van der Waals surface area contributed by atoms with Crippen molar-refractivity contribution in [1.82, 2.24) is 0 Å². The zero-order chi connectivity index (χ0) is 13.4. The molecule has 0 atom stereocenters. The molecule has 0 rings (SSSR count). The smallest absolute Gasteiger partial charge is 0.724 e. The van der Waals surface area contributed by atoms with Gasteiger partial charge in [0.05, 0.1) is 6.42 Å². The molecular weight excluding hydrogens is 295 g/mol. The van der Waals surface area contributed by atoms with E-state index in [1.807, 2.05) is 0 Å². The van der Waals surface area contributed by atoms with Crippen LogP contribution in [0.3, 0.4) is 0 Å². The Morgan fingerprint density at radius 3 is 1.76 bits per heavy atom. The Labute approximate surface area is 119 Å². The fourth-order valence-corrected chi connectivity index (χ4v) is 0.746. The van der Waals surface area contributed by atoms with E-state index in [-0.39, 0.29) is 36.0 Å². The van der Waals surface area contributed by atoms with Crippen LogP contribution < -0.4 is 29.6 Å². The molecule has 0 aliphatic heterocycles. The standard InChI is InChI=1S/C4H6O2.Na.H2O8S2/c1-2-3-4(5)6;;1-9(2,3)7-8-10(4,5)6/h2H,1,3H2,(H,5,6);;(H,1,2,3)(H,4,5,6)/q;+1;/p-1. The Balaban J connectivity index is -0.000000244. The molecule has 0 aromatic heterocycles. The van der Waals surface area contributed by atoms with Crippen molar-refractivity contribution in [3.63, 3.8) is 0 Å². The maximum absolute atomic E-state index is 9.53. The zero-order valence-electron chi connectivity index (χ0n) is 8.47. The Morgan fingerprint density at radius 2 is 1.71 bits per heavy atom. The van der Waals surface area contributed by atoms with Crippen LogP contribution in [0.15, 0.2) is 12.7 Å². The molecule has 0 aromatic rings. The first-order valence-electron chi connectivity index (χ1n) is 3.11. The van der Waals surface area contributed by atoms with E-state index < -0.39 is 26.8 Å². The number of aliphatic carboxylic acids is 1. The molecule has 0 amide bonds. The van der Waals surface area contributed by atoms with Crippen LogP contribution in [0.25, 0.3) is 0 Å². The predicted octanol–water partition coefficient (Wildman–Crippen LogP) is -4.15. The number of carboxylic acid groups (broad SMARTS) is 1. The van der Waals surface area contributed by atoms with Crippen LogP contribution in [0, 0.1) is 0 Å². The molecule has 0 fully saturated rings. The largest absolute Gasteiger partial charge is 1.00 e. The minimum atomic E-state index is -5.27. The van der Waals surface area contributed by atoms with Crippen molar-refractivity contribution in [3.8, 4) is 0 Å². The predicted molar refractivity (Wildman–Crippen MR) is 45.9 cm³/mol. The molecule has 13 heteroatoms. The van der Waals surface area contributed by atoms with Crippen LogP contribution in [-0.2, 0) is 34.3 Å². The first-order chi connectivity index (χ1) is 6.98. The number of hydrogen-bond donors (Lipinski definition) is 2. The number of carbonyl (C=O) groups is 1. The molecule has 0 unspecified atom stereocenters. The summed E-state index contributed by atoms with van der Waals surface area (Å²) in [5, 5.41) is 7.84. The third-order valence-corrected chi connectivity index (χ3v) is 1.08.